The van der Waals surface area contributed by atoms with Crippen molar-refractivity contribution in [3.8, 4) is 5.75 Å². The maximum absolute atomic E-state index is 13.6. The molecule has 3 aromatic carbocycles. The molecule has 1 saturated heterocycles. The Hall–Kier alpha value is -2.61. The fourth-order valence-electron chi connectivity index (χ4n) is 4.20. The van der Waals surface area contributed by atoms with Gasteiger partial charge in [-0.15, -0.1) is 11.8 Å². The molecule has 176 valence electrons. The third-order valence-corrected chi connectivity index (χ3v) is 8.08. The average molecular weight is 541 g/mol. The molecule has 1 N–H and O–H groups in total. The highest BCUT2D eigenvalue weighted by Crippen LogP contribution is 2.33. The lowest BCUT2D eigenvalue weighted by atomic mass is 10.1. The van der Waals surface area contributed by atoms with Crippen LogP contribution in [0.2, 0.25) is 0 Å². The standard InChI is InChI=1S/C27H27BrN2O3S/c1-33-22-14-12-20(13-15-22)18-26(31)30(16-6-7-17-30)27(32)29-24-10-4-5-11-25(24)34-19-21-8-2-3-9-23(21)28/h2-5,8-15H,6-7,16-19H2,1H3/p+1. The minimum atomic E-state index is -0.245. The first-order valence-corrected chi connectivity index (χ1v) is 13.1. The number of halogens is 1. The molecule has 0 aromatic heterocycles. The van der Waals surface area contributed by atoms with Gasteiger partial charge in [0.1, 0.15) is 5.75 Å². The molecule has 7 heteroatoms. The number of hydrogen-bond acceptors (Lipinski definition) is 4. The van der Waals surface area contributed by atoms with Gasteiger partial charge in [0.2, 0.25) is 0 Å². The monoisotopic (exact) mass is 539 g/mol. The molecule has 0 unspecified atom stereocenters. The second-order valence-corrected chi connectivity index (χ2v) is 10.2. The molecule has 5 nitrogen and oxygen atoms in total. The Balaban J connectivity index is 1.49. The fourth-order valence-corrected chi connectivity index (χ4v) is 5.82. The van der Waals surface area contributed by atoms with Gasteiger partial charge in [-0.25, -0.2) is 9.59 Å². The maximum Gasteiger partial charge on any atom is 0.428 e. The zero-order valence-electron chi connectivity index (χ0n) is 19.1. The van der Waals surface area contributed by atoms with Crippen LogP contribution in [0.25, 0.3) is 0 Å². The first-order valence-electron chi connectivity index (χ1n) is 11.3. The van der Waals surface area contributed by atoms with Crippen LogP contribution in [0, 0.1) is 0 Å². The van der Waals surface area contributed by atoms with E-state index in [1.165, 1.54) is 5.56 Å². The third-order valence-electron chi connectivity index (χ3n) is 6.18. The van der Waals surface area contributed by atoms with Gasteiger partial charge in [-0.05, 0) is 41.5 Å². The number of anilines is 1. The summed E-state index contributed by atoms with van der Waals surface area (Å²) >= 11 is 5.27. The summed E-state index contributed by atoms with van der Waals surface area (Å²) in [6.07, 6.45) is 1.94. The predicted molar refractivity (Wildman–Crippen MR) is 140 cm³/mol. The zero-order chi connectivity index (χ0) is 24.0. The van der Waals surface area contributed by atoms with Crippen molar-refractivity contribution in [1.82, 2.24) is 0 Å². The van der Waals surface area contributed by atoms with E-state index in [4.69, 9.17) is 4.74 Å². The number of quaternary nitrogens is 1. The van der Waals surface area contributed by atoms with Crippen LogP contribution in [-0.2, 0) is 17.0 Å². The number of para-hydroxylation sites is 1. The van der Waals surface area contributed by atoms with Crippen molar-refractivity contribution in [3.05, 3.63) is 88.4 Å². The second kappa shape index (κ2) is 11.2. The normalized spacial score (nSPS) is 14.5. The fraction of sp³-hybridized carbons (Fsp3) is 0.259. The van der Waals surface area contributed by atoms with Gasteiger partial charge in [-0.2, -0.15) is 4.48 Å². The lowest BCUT2D eigenvalue weighted by molar-refractivity contribution is -0.757. The van der Waals surface area contributed by atoms with Gasteiger partial charge in [0.05, 0.1) is 32.3 Å². The van der Waals surface area contributed by atoms with Gasteiger partial charge >= 0.3 is 11.9 Å². The van der Waals surface area contributed by atoms with E-state index in [9.17, 15) is 9.59 Å². The molecule has 1 aliphatic heterocycles. The van der Waals surface area contributed by atoms with Crippen molar-refractivity contribution < 1.29 is 18.8 Å². The van der Waals surface area contributed by atoms with Gasteiger partial charge in [0.25, 0.3) is 0 Å². The molecule has 1 fully saturated rings. The molecule has 0 bridgehead atoms. The number of nitrogens with zero attached hydrogens (tertiary/aromatic N) is 1. The Morgan fingerprint density at radius 1 is 0.971 bits per heavy atom. The highest BCUT2D eigenvalue weighted by atomic mass is 79.9. The number of imide groups is 1. The number of ether oxygens (including phenoxy) is 1. The Kier molecular flexibility index (Phi) is 8.08. The summed E-state index contributed by atoms with van der Waals surface area (Å²) in [6.45, 7) is 1.07. The van der Waals surface area contributed by atoms with Crippen LogP contribution in [0.15, 0.2) is 82.2 Å². The highest BCUT2D eigenvalue weighted by Gasteiger charge is 2.47. The van der Waals surface area contributed by atoms with Crippen LogP contribution in [0.5, 0.6) is 5.75 Å². The Morgan fingerprint density at radius 3 is 2.35 bits per heavy atom. The van der Waals surface area contributed by atoms with E-state index in [2.05, 4.69) is 27.3 Å². The number of rotatable bonds is 7. The summed E-state index contributed by atoms with van der Waals surface area (Å²) < 4.78 is 6.11. The number of nitrogens with one attached hydrogen (secondary N) is 1. The molecule has 1 aliphatic rings. The summed E-state index contributed by atoms with van der Waals surface area (Å²) in [7, 11) is 1.61. The Labute approximate surface area is 213 Å². The number of likely N-dealkylation sites (tertiary alicyclic amines) is 1. The quantitative estimate of drug-likeness (QED) is 0.269. The number of hydrogen-bond donors (Lipinski definition) is 1. The van der Waals surface area contributed by atoms with Gasteiger partial charge in [-0.3, -0.25) is 5.32 Å². The number of amides is 3. The van der Waals surface area contributed by atoms with Gasteiger partial charge in [0, 0.05) is 28.0 Å². The summed E-state index contributed by atoms with van der Waals surface area (Å²) in [4.78, 5) is 28.0. The highest BCUT2D eigenvalue weighted by molar-refractivity contribution is 9.10. The van der Waals surface area contributed by atoms with Gasteiger partial charge < -0.3 is 4.74 Å². The van der Waals surface area contributed by atoms with Gasteiger partial charge in [-0.1, -0.05) is 58.4 Å². The molecule has 4 rings (SSSR count). The molecular weight excluding hydrogens is 512 g/mol. The van der Waals surface area contributed by atoms with Crippen LogP contribution in [0.4, 0.5) is 10.5 Å². The lowest BCUT2D eigenvalue weighted by Gasteiger charge is -2.28. The molecule has 1 heterocycles. The summed E-state index contributed by atoms with van der Waals surface area (Å²) in [5.41, 5.74) is 2.81. The predicted octanol–water partition coefficient (Wildman–Crippen LogP) is 6.66. The van der Waals surface area contributed by atoms with Crippen molar-refractivity contribution in [2.24, 2.45) is 0 Å². The van der Waals surface area contributed by atoms with E-state index < -0.39 is 0 Å². The van der Waals surface area contributed by atoms with Crippen LogP contribution < -0.4 is 10.1 Å². The molecule has 3 amide bonds. The number of urea groups is 1. The van der Waals surface area contributed by atoms with Crippen molar-refractivity contribution in [2.45, 2.75) is 29.9 Å². The number of benzene rings is 3. The number of thioether (sulfide) groups is 1. The molecule has 0 radical (unpaired) electrons. The number of carbonyl (C=O) groups excluding carboxylic acids is 2. The molecule has 3 aromatic rings. The molecule has 0 aliphatic carbocycles. The van der Waals surface area contributed by atoms with E-state index in [0.29, 0.717) is 13.1 Å². The van der Waals surface area contributed by atoms with Crippen molar-refractivity contribution in [1.29, 1.82) is 0 Å². The van der Waals surface area contributed by atoms with Crippen LogP contribution in [0.1, 0.15) is 24.0 Å². The maximum atomic E-state index is 13.6. The Bertz CT molecular complexity index is 1160. The van der Waals surface area contributed by atoms with Crippen molar-refractivity contribution >= 4 is 45.3 Å². The third kappa shape index (κ3) is 5.54. The molecule has 34 heavy (non-hydrogen) atoms. The van der Waals surface area contributed by atoms with E-state index in [0.717, 1.165) is 45.0 Å². The van der Waals surface area contributed by atoms with E-state index in [1.807, 2.05) is 66.7 Å². The van der Waals surface area contributed by atoms with Crippen LogP contribution in [0.3, 0.4) is 0 Å². The van der Waals surface area contributed by atoms with Crippen molar-refractivity contribution in [3.63, 3.8) is 0 Å². The minimum Gasteiger partial charge on any atom is -0.497 e. The van der Waals surface area contributed by atoms with Gasteiger partial charge in [0.15, 0.2) is 0 Å². The smallest absolute Gasteiger partial charge is 0.428 e. The lowest BCUT2D eigenvalue weighted by Crippen LogP contribution is -2.57. The second-order valence-electron chi connectivity index (χ2n) is 8.35. The molecule has 0 spiro atoms. The minimum absolute atomic E-state index is 0.0708. The summed E-state index contributed by atoms with van der Waals surface area (Å²) in [6, 6.07) is 23.1. The zero-order valence-corrected chi connectivity index (χ0v) is 21.5. The largest absolute Gasteiger partial charge is 0.497 e. The van der Waals surface area contributed by atoms with E-state index in [1.54, 1.807) is 18.9 Å². The molecular formula is C27H28BrN2O3S+. The summed E-state index contributed by atoms with van der Waals surface area (Å²) in [5, 5.41) is 3.09. The van der Waals surface area contributed by atoms with Crippen molar-refractivity contribution in [2.75, 3.05) is 25.5 Å². The van der Waals surface area contributed by atoms with Crippen LogP contribution in [-0.4, -0.2) is 36.6 Å². The van der Waals surface area contributed by atoms with Crippen LogP contribution >= 0.6 is 27.7 Å². The first-order chi connectivity index (χ1) is 16.5. The summed E-state index contributed by atoms with van der Waals surface area (Å²) in [5.74, 6) is 1.44. The number of carbonyl (C=O) groups is 2. The molecule has 0 atom stereocenters. The Morgan fingerprint density at radius 2 is 1.65 bits per heavy atom. The number of methoxy groups -OCH3 is 1. The SMILES string of the molecule is COc1ccc(CC(=O)[N+]2(C(=O)Nc3ccccc3SCc3ccccc3Br)CCCC2)cc1. The first kappa shape index (κ1) is 24.5. The topological polar surface area (TPSA) is 55.4 Å². The van der Waals surface area contributed by atoms with E-state index >= 15 is 0 Å². The molecule has 0 saturated carbocycles. The van der Waals surface area contributed by atoms with E-state index in [-0.39, 0.29) is 22.8 Å². The average Bonchev–Trinajstić information content (AvgIpc) is 3.36.